The lowest BCUT2D eigenvalue weighted by atomic mass is 10.2. The van der Waals surface area contributed by atoms with E-state index in [1.807, 2.05) is 6.92 Å². The Hall–Kier alpha value is -2.10. The molecule has 1 heterocycles. The first-order chi connectivity index (χ1) is 8.65. The summed E-state index contributed by atoms with van der Waals surface area (Å²) in [5.41, 5.74) is 1.12. The van der Waals surface area contributed by atoms with Crippen molar-refractivity contribution in [1.29, 1.82) is 0 Å². The van der Waals surface area contributed by atoms with Crippen molar-refractivity contribution < 1.29 is 13.6 Å². The second-order valence-corrected chi connectivity index (χ2v) is 4.11. The van der Waals surface area contributed by atoms with Gasteiger partial charge in [-0.05, 0) is 36.8 Å². The van der Waals surface area contributed by atoms with Crippen molar-refractivity contribution >= 4 is 11.6 Å². The molecule has 3 nitrogen and oxygen atoms in total. The van der Waals surface area contributed by atoms with Crippen LogP contribution in [-0.2, 0) is 11.2 Å². The maximum absolute atomic E-state index is 13.4. The van der Waals surface area contributed by atoms with Gasteiger partial charge in [0.1, 0.15) is 11.6 Å². The third-order valence-electron chi connectivity index (χ3n) is 2.57. The zero-order valence-corrected chi connectivity index (χ0v) is 10.1. The number of carbonyl (C=O) groups is 1. The van der Waals surface area contributed by atoms with E-state index >= 15 is 0 Å². The predicted molar refractivity (Wildman–Crippen MR) is 66.8 cm³/mol. The van der Waals surface area contributed by atoms with Gasteiger partial charge in [-0.25, -0.2) is 4.39 Å². The lowest BCUT2D eigenvalue weighted by Gasteiger charge is -2.06. The van der Waals surface area contributed by atoms with Crippen molar-refractivity contribution in [2.75, 3.05) is 5.32 Å². The summed E-state index contributed by atoms with van der Waals surface area (Å²) in [4.78, 5) is 11.7. The van der Waals surface area contributed by atoms with Crippen LogP contribution in [-0.4, -0.2) is 5.91 Å². The van der Waals surface area contributed by atoms with Gasteiger partial charge in [-0.15, -0.1) is 0 Å². The van der Waals surface area contributed by atoms with E-state index in [1.165, 1.54) is 6.07 Å². The van der Waals surface area contributed by atoms with Crippen LogP contribution in [0.2, 0.25) is 0 Å². The van der Waals surface area contributed by atoms with Gasteiger partial charge in [0, 0.05) is 12.8 Å². The van der Waals surface area contributed by atoms with E-state index in [9.17, 15) is 9.18 Å². The predicted octanol–water partition coefficient (Wildman–Crippen LogP) is 3.30. The Morgan fingerprint density at radius 2 is 2.22 bits per heavy atom. The fourth-order valence-corrected chi connectivity index (χ4v) is 1.64. The van der Waals surface area contributed by atoms with Crippen LogP contribution in [0.3, 0.4) is 0 Å². The molecule has 0 atom stereocenters. The standard InChI is InChI=1S/C14H14FNO2/c1-10-4-6-12(15)13(9-10)16-14(17)7-5-11-3-2-8-18-11/h2-4,6,8-9H,5,7H2,1H3,(H,16,17). The van der Waals surface area contributed by atoms with Crippen LogP contribution in [0.4, 0.5) is 10.1 Å². The molecule has 0 spiro atoms. The monoisotopic (exact) mass is 247 g/mol. The smallest absolute Gasteiger partial charge is 0.224 e. The average molecular weight is 247 g/mol. The van der Waals surface area contributed by atoms with Gasteiger partial charge in [0.05, 0.1) is 12.0 Å². The van der Waals surface area contributed by atoms with Crippen LogP contribution in [0.25, 0.3) is 0 Å². The van der Waals surface area contributed by atoms with Crippen molar-refractivity contribution in [2.24, 2.45) is 0 Å². The lowest BCUT2D eigenvalue weighted by molar-refractivity contribution is -0.116. The second kappa shape index (κ2) is 5.49. The van der Waals surface area contributed by atoms with E-state index in [1.54, 1.807) is 30.5 Å². The van der Waals surface area contributed by atoms with E-state index in [-0.39, 0.29) is 18.0 Å². The maximum atomic E-state index is 13.4. The molecule has 0 aliphatic heterocycles. The number of anilines is 1. The van der Waals surface area contributed by atoms with Crippen molar-refractivity contribution in [3.8, 4) is 0 Å². The summed E-state index contributed by atoms with van der Waals surface area (Å²) in [5, 5.41) is 2.56. The van der Waals surface area contributed by atoms with E-state index in [0.717, 1.165) is 11.3 Å². The van der Waals surface area contributed by atoms with Crippen molar-refractivity contribution in [2.45, 2.75) is 19.8 Å². The number of furan rings is 1. The first-order valence-corrected chi connectivity index (χ1v) is 5.73. The summed E-state index contributed by atoms with van der Waals surface area (Å²) in [5.74, 6) is 0.0951. The van der Waals surface area contributed by atoms with Crippen LogP contribution in [0, 0.1) is 12.7 Å². The number of rotatable bonds is 4. The summed E-state index contributed by atoms with van der Waals surface area (Å²) in [6.07, 6.45) is 2.33. The maximum Gasteiger partial charge on any atom is 0.224 e. The van der Waals surface area contributed by atoms with Gasteiger partial charge < -0.3 is 9.73 Å². The molecule has 1 N–H and O–H groups in total. The van der Waals surface area contributed by atoms with Crippen LogP contribution >= 0.6 is 0 Å². The number of benzene rings is 1. The molecule has 18 heavy (non-hydrogen) atoms. The van der Waals surface area contributed by atoms with Gasteiger partial charge in [0.25, 0.3) is 0 Å². The van der Waals surface area contributed by atoms with Gasteiger partial charge in [0.2, 0.25) is 5.91 Å². The zero-order valence-electron chi connectivity index (χ0n) is 10.1. The van der Waals surface area contributed by atoms with Gasteiger partial charge in [0.15, 0.2) is 0 Å². The molecule has 1 aromatic carbocycles. The number of carbonyl (C=O) groups excluding carboxylic acids is 1. The quantitative estimate of drug-likeness (QED) is 0.900. The summed E-state index contributed by atoms with van der Waals surface area (Å²) in [7, 11) is 0. The molecule has 2 aromatic rings. The molecule has 0 unspecified atom stereocenters. The van der Waals surface area contributed by atoms with Crippen molar-refractivity contribution in [3.05, 3.63) is 53.7 Å². The van der Waals surface area contributed by atoms with Gasteiger partial charge in [-0.3, -0.25) is 4.79 Å². The molecule has 0 saturated heterocycles. The third kappa shape index (κ3) is 3.20. The fourth-order valence-electron chi connectivity index (χ4n) is 1.64. The first kappa shape index (κ1) is 12.4. The topological polar surface area (TPSA) is 42.2 Å². The van der Waals surface area contributed by atoms with Gasteiger partial charge in [-0.1, -0.05) is 6.07 Å². The third-order valence-corrected chi connectivity index (χ3v) is 2.57. The van der Waals surface area contributed by atoms with Gasteiger partial charge >= 0.3 is 0 Å². The van der Waals surface area contributed by atoms with Crippen molar-refractivity contribution in [1.82, 2.24) is 0 Å². The van der Waals surface area contributed by atoms with Crippen LogP contribution < -0.4 is 5.32 Å². The number of halogens is 1. The minimum atomic E-state index is -0.424. The Kier molecular flexibility index (Phi) is 3.77. The van der Waals surface area contributed by atoms with E-state index in [4.69, 9.17) is 4.42 Å². The SMILES string of the molecule is Cc1ccc(F)c(NC(=O)CCc2ccco2)c1. The molecule has 2 rings (SSSR count). The molecule has 0 saturated carbocycles. The Balaban J connectivity index is 1.92. The molecular weight excluding hydrogens is 233 g/mol. The zero-order chi connectivity index (χ0) is 13.0. The number of aryl methyl sites for hydroxylation is 2. The number of nitrogens with one attached hydrogen (secondary N) is 1. The molecule has 0 aliphatic rings. The Morgan fingerprint density at radius 1 is 1.39 bits per heavy atom. The Morgan fingerprint density at radius 3 is 2.94 bits per heavy atom. The molecule has 0 fully saturated rings. The average Bonchev–Trinajstić information content (AvgIpc) is 2.84. The fraction of sp³-hybridized carbons (Fsp3) is 0.214. The lowest BCUT2D eigenvalue weighted by Crippen LogP contribution is -2.13. The summed E-state index contributed by atoms with van der Waals surface area (Å²) in [6, 6.07) is 8.19. The van der Waals surface area contributed by atoms with Crippen LogP contribution in [0.5, 0.6) is 0 Å². The Labute approximate surface area is 105 Å². The highest BCUT2D eigenvalue weighted by Crippen LogP contribution is 2.16. The molecule has 94 valence electrons. The van der Waals surface area contributed by atoms with Crippen LogP contribution in [0.1, 0.15) is 17.7 Å². The highest BCUT2D eigenvalue weighted by molar-refractivity contribution is 5.91. The molecule has 4 heteroatoms. The molecule has 0 bridgehead atoms. The summed E-state index contributed by atoms with van der Waals surface area (Å²) >= 11 is 0. The molecule has 1 aromatic heterocycles. The first-order valence-electron chi connectivity index (χ1n) is 5.73. The highest BCUT2D eigenvalue weighted by Gasteiger charge is 2.08. The summed E-state index contributed by atoms with van der Waals surface area (Å²) < 4.78 is 18.5. The van der Waals surface area contributed by atoms with Crippen molar-refractivity contribution in [3.63, 3.8) is 0 Å². The highest BCUT2D eigenvalue weighted by atomic mass is 19.1. The molecule has 0 radical (unpaired) electrons. The second-order valence-electron chi connectivity index (χ2n) is 4.11. The number of hydrogen-bond donors (Lipinski definition) is 1. The Bertz CT molecular complexity index is 535. The normalized spacial score (nSPS) is 10.3. The minimum Gasteiger partial charge on any atom is -0.469 e. The van der Waals surface area contributed by atoms with E-state index in [2.05, 4.69) is 5.32 Å². The molecule has 1 amide bonds. The van der Waals surface area contributed by atoms with Gasteiger partial charge in [-0.2, -0.15) is 0 Å². The van der Waals surface area contributed by atoms with Crippen LogP contribution in [0.15, 0.2) is 41.0 Å². The molecule has 0 aliphatic carbocycles. The van der Waals surface area contributed by atoms with E-state index in [0.29, 0.717) is 6.42 Å². The largest absolute Gasteiger partial charge is 0.469 e. The molecular formula is C14H14FNO2. The number of hydrogen-bond acceptors (Lipinski definition) is 2. The summed E-state index contributed by atoms with van der Waals surface area (Å²) in [6.45, 7) is 1.85. The minimum absolute atomic E-state index is 0.222. The number of amides is 1. The van der Waals surface area contributed by atoms with E-state index < -0.39 is 5.82 Å².